The maximum Gasteiger partial charge on any atom is 0.236 e. The molecule has 0 aromatic carbocycles. The predicted molar refractivity (Wildman–Crippen MR) is 74.4 cm³/mol. The lowest BCUT2D eigenvalue weighted by molar-refractivity contribution is -0.122. The molecule has 3 N–H and O–H groups in total. The molecule has 0 aliphatic heterocycles. The summed E-state index contributed by atoms with van der Waals surface area (Å²) in [6.07, 6.45) is 2.54. The highest BCUT2D eigenvalue weighted by Gasteiger charge is 2.10. The number of sulfonamides is 1. The molecule has 0 rings (SSSR count). The minimum absolute atomic E-state index is 0.0628. The first-order valence-electron chi connectivity index (χ1n) is 6.31. The van der Waals surface area contributed by atoms with E-state index in [0.717, 1.165) is 12.7 Å². The summed E-state index contributed by atoms with van der Waals surface area (Å²) in [7, 11) is -1.51. The highest BCUT2D eigenvalue weighted by molar-refractivity contribution is 7.88. The zero-order valence-electron chi connectivity index (χ0n) is 11.9. The molecule has 0 aromatic heterocycles. The van der Waals surface area contributed by atoms with Crippen molar-refractivity contribution in [3.8, 4) is 0 Å². The SMILES string of the molecule is COCCCNC(=O)C(C)NCCCNS(C)(=O)=O. The highest BCUT2D eigenvalue weighted by Crippen LogP contribution is 1.85. The highest BCUT2D eigenvalue weighted by atomic mass is 32.2. The van der Waals surface area contributed by atoms with Crippen molar-refractivity contribution in [2.75, 3.05) is 39.6 Å². The number of ether oxygens (including phenoxy) is 1. The summed E-state index contributed by atoms with van der Waals surface area (Å²) < 4.78 is 28.9. The molecule has 1 unspecified atom stereocenters. The summed E-state index contributed by atoms with van der Waals surface area (Å²) >= 11 is 0. The van der Waals surface area contributed by atoms with Crippen LogP contribution in [-0.4, -0.2) is 60.0 Å². The van der Waals surface area contributed by atoms with E-state index in [4.69, 9.17) is 4.74 Å². The van der Waals surface area contributed by atoms with Crippen molar-refractivity contribution < 1.29 is 17.9 Å². The van der Waals surface area contributed by atoms with Gasteiger partial charge < -0.3 is 15.4 Å². The van der Waals surface area contributed by atoms with E-state index in [1.165, 1.54) is 0 Å². The van der Waals surface area contributed by atoms with E-state index in [2.05, 4.69) is 15.4 Å². The van der Waals surface area contributed by atoms with Crippen LogP contribution in [0.4, 0.5) is 0 Å². The van der Waals surface area contributed by atoms with Crippen molar-refractivity contribution in [3.05, 3.63) is 0 Å². The second-order valence-corrected chi connectivity index (χ2v) is 6.17. The lowest BCUT2D eigenvalue weighted by Gasteiger charge is -2.14. The lowest BCUT2D eigenvalue weighted by Crippen LogP contribution is -2.43. The average Bonchev–Trinajstić information content (AvgIpc) is 2.32. The van der Waals surface area contributed by atoms with Crippen molar-refractivity contribution in [1.29, 1.82) is 0 Å². The van der Waals surface area contributed by atoms with Gasteiger partial charge in [0.25, 0.3) is 0 Å². The molecule has 1 atom stereocenters. The van der Waals surface area contributed by atoms with E-state index in [9.17, 15) is 13.2 Å². The van der Waals surface area contributed by atoms with Gasteiger partial charge in [-0.3, -0.25) is 4.79 Å². The molecule has 0 spiro atoms. The van der Waals surface area contributed by atoms with Gasteiger partial charge in [0.15, 0.2) is 0 Å². The molecule has 8 heteroatoms. The minimum atomic E-state index is -3.13. The number of amides is 1. The Morgan fingerprint density at radius 2 is 1.89 bits per heavy atom. The molecule has 114 valence electrons. The Kier molecular flexibility index (Phi) is 9.76. The van der Waals surface area contributed by atoms with Gasteiger partial charge in [-0.05, 0) is 26.3 Å². The fourth-order valence-corrected chi connectivity index (χ4v) is 1.85. The van der Waals surface area contributed by atoms with Gasteiger partial charge in [-0.25, -0.2) is 13.1 Å². The fraction of sp³-hybridized carbons (Fsp3) is 0.909. The van der Waals surface area contributed by atoms with Gasteiger partial charge in [-0.2, -0.15) is 0 Å². The molecule has 0 radical (unpaired) electrons. The molecule has 0 bridgehead atoms. The lowest BCUT2D eigenvalue weighted by atomic mass is 10.3. The maximum absolute atomic E-state index is 11.6. The maximum atomic E-state index is 11.6. The van der Waals surface area contributed by atoms with E-state index < -0.39 is 10.0 Å². The molecule has 0 saturated heterocycles. The Bertz CT molecular complexity index is 346. The van der Waals surface area contributed by atoms with Crippen LogP contribution in [0.3, 0.4) is 0 Å². The van der Waals surface area contributed by atoms with E-state index >= 15 is 0 Å². The Hall–Kier alpha value is -0.700. The van der Waals surface area contributed by atoms with Gasteiger partial charge in [0.05, 0.1) is 12.3 Å². The summed E-state index contributed by atoms with van der Waals surface area (Å²) in [6.45, 7) is 3.94. The van der Waals surface area contributed by atoms with Crippen molar-refractivity contribution in [3.63, 3.8) is 0 Å². The molecule has 0 saturated carbocycles. The summed E-state index contributed by atoms with van der Waals surface area (Å²) in [5.74, 6) is -0.0628. The Labute approximate surface area is 115 Å². The van der Waals surface area contributed by atoms with Gasteiger partial charge in [0.2, 0.25) is 15.9 Å². The third-order valence-electron chi connectivity index (χ3n) is 2.39. The number of hydrogen-bond acceptors (Lipinski definition) is 5. The van der Waals surface area contributed by atoms with Crippen LogP contribution in [0.2, 0.25) is 0 Å². The van der Waals surface area contributed by atoms with Crippen molar-refractivity contribution in [1.82, 2.24) is 15.4 Å². The number of hydrogen-bond donors (Lipinski definition) is 3. The Morgan fingerprint density at radius 3 is 2.47 bits per heavy atom. The summed E-state index contributed by atoms with van der Waals surface area (Å²) in [6, 6.07) is -0.291. The topological polar surface area (TPSA) is 96.5 Å². The van der Waals surface area contributed by atoms with E-state index in [1.807, 2.05) is 0 Å². The second-order valence-electron chi connectivity index (χ2n) is 4.33. The van der Waals surface area contributed by atoms with Crippen molar-refractivity contribution in [2.24, 2.45) is 0 Å². The monoisotopic (exact) mass is 295 g/mol. The van der Waals surface area contributed by atoms with Gasteiger partial charge in [0, 0.05) is 26.8 Å². The fourth-order valence-electron chi connectivity index (χ4n) is 1.34. The first kappa shape index (κ1) is 18.3. The van der Waals surface area contributed by atoms with Crippen LogP contribution >= 0.6 is 0 Å². The number of carbonyl (C=O) groups is 1. The molecule has 7 nitrogen and oxygen atoms in total. The predicted octanol–water partition coefficient (Wildman–Crippen LogP) is -0.943. The number of nitrogens with one attached hydrogen (secondary N) is 3. The van der Waals surface area contributed by atoms with Gasteiger partial charge in [-0.1, -0.05) is 0 Å². The third-order valence-corrected chi connectivity index (χ3v) is 3.11. The summed E-state index contributed by atoms with van der Waals surface area (Å²) in [5.41, 5.74) is 0. The quantitative estimate of drug-likeness (QED) is 0.427. The molecule has 0 heterocycles. The minimum Gasteiger partial charge on any atom is -0.385 e. The molecule has 0 fully saturated rings. The normalized spacial score (nSPS) is 13.2. The third kappa shape index (κ3) is 12.1. The van der Waals surface area contributed by atoms with Crippen LogP contribution in [0, 0.1) is 0 Å². The first-order chi connectivity index (χ1) is 8.87. The number of carbonyl (C=O) groups excluding carboxylic acids is 1. The zero-order chi connectivity index (χ0) is 14.7. The van der Waals surface area contributed by atoms with Crippen LogP contribution in [-0.2, 0) is 19.6 Å². The second kappa shape index (κ2) is 10.1. The average molecular weight is 295 g/mol. The van der Waals surface area contributed by atoms with Crippen LogP contribution in [0.5, 0.6) is 0 Å². The van der Waals surface area contributed by atoms with Gasteiger partial charge >= 0.3 is 0 Å². The van der Waals surface area contributed by atoms with E-state index in [-0.39, 0.29) is 11.9 Å². The van der Waals surface area contributed by atoms with Gasteiger partial charge in [-0.15, -0.1) is 0 Å². The molecule has 19 heavy (non-hydrogen) atoms. The smallest absolute Gasteiger partial charge is 0.236 e. The standard InChI is InChI=1S/C11H25N3O4S/c1-10(11(15)13-7-5-9-18-2)12-6-4-8-14-19(3,16)17/h10,12,14H,4-9H2,1-3H3,(H,13,15). The number of rotatable bonds is 11. The van der Waals surface area contributed by atoms with Crippen molar-refractivity contribution in [2.45, 2.75) is 25.8 Å². The molecule has 0 aliphatic rings. The first-order valence-corrected chi connectivity index (χ1v) is 8.20. The van der Waals surface area contributed by atoms with Crippen molar-refractivity contribution >= 4 is 15.9 Å². The van der Waals surface area contributed by atoms with Crippen LogP contribution < -0.4 is 15.4 Å². The Balaban J connectivity index is 3.56. The molecular formula is C11H25N3O4S. The Morgan fingerprint density at radius 1 is 1.21 bits per heavy atom. The van der Waals surface area contributed by atoms with Crippen LogP contribution in [0.25, 0.3) is 0 Å². The number of methoxy groups -OCH3 is 1. The van der Waals surface area contributed by atoms with E-state index in [1.54, 1.807) is 14.0 Å². The summed E-state index contributed by atoms with van der Waals surface area (Å²) in [4.78, 5) is 11.6. The molecule has 1 amide bonds. The van der Waals surface area contributed by atoms with Crippen LogP contribution in [0.15, 0.2) is 0 Å². The van der Waals surface area contributed by atoms with Gasteiger partial charge in [0.1, 0.15) is 0 Å². The van der Waals surface area contributed by atoms with E-state index in [0.29, 0.717) is 32.7 Å². The summed E-state index contributed by atoms with van der Waals surface area (Å²) in [5, 5.41) is 5.82. The zero-order valence-corrected chi connectivity index (χ0v) is 12.7. The van der Waals surface area contributed by atoms with Crippen LogP contribution in [0.1, 0.15) is 19.8 Å². The molecule has 0 aromatic rings. The molecular weight excluding hydrogens is 270 g/mol. The largest absolute Gasteiger partial charge is 0.385 e. The molecule has 0 aliphatic carbocycles.